The molecule has 4 heteroatoms. The van der Waals surface area contributed by atoms with E-state index in [1.165, 1.54) is 32.1 Å². The van der Waals surface area contributed by atoms with Gasteiger partial charge in [-0.15, -0.1) is 0 Å². The van der Waals surface area contributed by atoms with E-state index in [2.05, 4.69) is 5.16 Å². The summed E-state index contributed by atoms with van der Waals surface area (Å²) in [5, 5.41) is 3.89. The van der Waals surface area contributed by atoms with Crippen LogP contribution in [0.3, 0.4) is 0 Å². The van der Waals surface area contributed by atoms with Crippen LogP contribution in [0.15, 0.2) is 4.52 Å². The van der Waals surface area contributed by atoms with Crippen LogP contribution in [0.2, 0.25) is 0 Å². The maximum atomic E-state index is 12.6. The summed E-state index contributed by atoms with van der Waals surface area (Å²) < 4.78 is 5.12. The number of fused-ring (bicyclic) bond motifs is 1. The van der Waals surface area contributed by atoms with Crippen molar-refractivity contribution in [3.63, 3.8) is 0 Å². The number of aromatic nitrogens is 1. The molecule has 0 bridgehead atoms. The number of likely N-dealkylation sites (tertiary alicyclic amines) is 1. The maximum absolute atomic E-state index is 12.6. The van der Waals surface area contributed by atoms with E-state index >= 15 is 0 Å². The van der Waals surface area contributed by atoms with Crippen molar-refractivity contribution in [1.82, 2.24) is 10.1 Å². The molecule has 0 spiro atoms. The fourth-order valence-electron chi connectivity index (χ4n) is 3.73. The second kappa shape index (κ2) is 4.99. The Kier molecular flexibility index (Phi) is 3.33. The van der Waals surface area contributed by atoms with E-state index in [1.54, 1.807) is 0 Å². The number of hydrogen-bond acceptors (Lipinski definition) is 3. The van der Waals surface area contributed by atoms with E-state index in [-0.39, 0.29) is 5.91 Å². The Bertz CT molecular complexity index is 461. The van der Waals surface area contributed by atoms with Gasteiger partial charge in [-0.3, -0.25) is 4.79 Å². The average Bonchev–Trinajstić information content (AvgIpc) is 2.77. The molecule has 3 rings (SSSR count). The molecule has 4 nitrogen and oxygen atoms in total. The van der Waals surface area contributed by atoms with Crippen LogP contribution in [-0.4, -0.2) is 29.1 Å². The number of rotatable bonds is 1. The first-order valence-electron chi connectivity index (χ1n) is 7.39. The van der Waals surface area contributed by atoms with Gasteiger partial charge >= 0.3 is 0 Å². The van der Waals surface area contributed by atoms with Gasteiger partial charge in [0.25, 0.3) is 5.91 Å². The van der Waals surface area contributed by atoms with Gasteiger partial charge in [0.1, 0.15) is 11.3 Å². The van der Waals surface area contributed by atoms with Gasteiger partial charge in [0.15, 0.2) is 0 Å². The van der Waals surface area contributed by atoms with Gasteiger partial charge in [-0.2, -0.15) is 0 Å². The third-order valence-corrected chi connectivity index (χ3v) is 4.83. The van der Waals surface area contributed by atoms with Gasteiger partial charge in [-0.05, 0) is 38.5 Å². The number of amides is 1. The highest BCUT2D eigenvalue weighted by Gasteiger charge is 2.34. The summed E-state index contributed by atoms with van der Waals surface area (Å²) in [6.45, 7) is 5.48. The molecule has 0 aromatic carbocycles. The minimum atomic E-state index is 0.111. The standard InChI is InChI=1S/C15H22N2O2/c1-10-14(11(2)19-16-10)15(18)17-8-7-12-5-3-4-6-13(12)9-17/h12-13H,3-9H2,1-2H3. The first-order valence-corrected chi connectivity index (χ1v) is 7.39. The van der Waals surface area contributed by atoms with Crippen LogP contribution in [0, 0.1) is 25.7 Å². The average molecular weight is 262 g/mol. The molecule has 2 aliphatic rings. The van der Waals surface area contributed by atoms with E-state index in [0.717, 1.165) is 19.0 Å². The maximum Gasteiger partial charge on any atom is 0.259 e. The Morgan fingerprint density at radius 2 is 1.95 bits per heavy atom. The number of hydrogen-bond donors (Lipinski definition) is 0. The van der Waals surface area contributed by atoms with Crippen LogP contribution in [-0.2, 0) is 0 Å². The zero-order valence-corrected chi connectivity index (χ0v) is 11.8. The molecule has 1 amide bonds. The zero-order chi connectivity index (χ0) is 13.4. The lowest BCUT2D eigenvalue weighted by molar-refractivity contribution is 0.0519. The Hall–Kier alpha value is -1.32. The van der Waals surface area contributed by atoms with Crippen LogP contribution in [0.1, 0.15) is 53.9 Å². The molecule has 104 valence electrons. The minimum absolute atomic E-state index is 0.111. The number of aryl methyl sites for hydroxylation is 2. The zero-order valence-electron chi connectivity index (χ0n) is 11.8. The summed E-state index contributed by atoms with van der Waals surface area (Å²) in [7, 11) is 0. The molecule has 2 atom stereocenters. The summed E-state index contributed by atoms with van der Waals surface area (Å²) in [5.41, 5.74) is 1.39. The lowest BCUT2D eigenvalue weighted by Crippen LogP contribution is -2.45. The highest BCUT2D eigenvalue weighted by atomic mass is 16.5. The van der Waals surface area contributed by atoms with Crippen LogP contribution >= 0.6 is 0 Å². The van der Waals surface area contributed by atoms with Crippen molar-refractivity contribution in [3.8, 4) is 0 Å². The molecule has 19 heavy (non-hydrogen) atoms. The molecule has 0 N–H and O–H groups in total. The normalized spacial score (nSPS) is 27.2. The van der Waals surface area contributed by atoms with Crippen LogP contribution in [0.4, 0.5) is 0 Å². The minimum Gasteiger partial charge on any atom is -0.361 e. The molecule has 1 aromatic rings. The van der Waals surface area contributed by atoms with E-state index in [4.69, 9.17) is 4.52 Å². The van der Waals surface area contributed by atoms with Gasteiger partial charge in [0, 0.05) is 13.1 Å². The Labute approximate surface area is 114 Å². The molecule has 1 saturated heterocycles. The third-order valence-electron chi connectivity index (χ3n) is 4.83. The molecular formula is C15H22N2O2. The van der Waals surface area contributed by atoms with Gasteiger partial charge < -0.3 is 9.42 Å². The second-order valence-corrected chi connectivity index (χ2v) is 6.04. The quantitative estimate of drug-likeness (QED) is 0.781. The van der Waals surface area contributed by atoms with E-state index in [1.807, 2.05) is 18.7 Å². The number of carbonyl (C=O) groups is 1. The van der Waals surface area contributed by atoms with Crippen molar-refractivity contribution < 1.29 is 9.32 Å². The molecule has 1 aliphatic heterocycles. The molecule has 2 heterocycles. The summed E-state index contributed by atoms with van der Waals surface area (Å²) in [5.74, 6) is 2.32. The van der Waals surface area contributed by atoms with E-state index < -0.39 is 0 Å². The largest absolute Gasteiger partial charge is 0.361 e. The van der Waals surface area contributed by atoms with Gasteiger partial charge in [-0.25, -0.2) is 0 Å². The summed E-state index contributed by atoms with van der Waals surface area (Å²) >= 11 is 0. The molecular weight excluding hydrogens is 240 g/mol. The van der Waals surface area contributed by atoms with Crippen molar-refractivity contribution in [2.24, 2.45) is 11.8 Å². The van der Waals surface area contributed by atoms with Gasteiger partial charge in [-0.1, -0.05) is 24.4 Å². The molecule has 2 unspecified atom stereocenters. The van der Waals surface area contributed by atoms with Crippen molar-refractivity contribution in [2.45, 2.75) is 46.0 Å². The Balaban J connectivity index is 1.74. The SMILES string of the molecule is Cc1noc(C)c1C(=O)N1CCC2CCCCC2C1. The highest BCUT2D eigenvalue weighted by molar-refractivity contribution is 5.96. The second-order valence-electron chi connectivity index (χ2n) is 6.04. The summed E-state index contributed by atoms with van der Waals surface area (Å²) in [4.78, 5) is 14.6. The highest BCUT2D eigenvalue weighted by Crippen LogP contribution is 2.36. The third kappa shape index (κ3) is 2.28. The van der Waals surface area contributed by atoms with Crippen LogP contribution in [0.5, 0.6) is 0 Å². The lowest BCUT2D eigenvalue weighted by Gasteiger charge is -2.41. The molecule has 2 fully saturated rings. The lowest BCUT2D eigenvalue weighted by atomic mass is 9.75. The van der Waals surface area contributed by atoms with Crippen molar-refractivity contribution in [1.29, 1.82) is 0 Å². The van der Waals surface area contributed by atoms with Crippen LogP contribution in [0.25, 0.3) is 0 Å². The van der Waals surface area contributed by atoms with Crippen molar-refractivity contribution >= 4 is 5.91 Å². The topological polar surface area (TPSA) is 46.3 Å². The summed E-state index contributed by atoms with van der Waals surface area (Å²) in [6.07, 6.45) is 6.52. The van der Waals surface area contributed by atoms with E-state index in [0.29, 0.717) is 22.9 Å². The molecule has 0 radical (unpaired) electrons. The molecule has 1 aromatic heterocycles. The van der Waals surface area contributed by atoms with Gasteiger partial charge in [0.2, 0.25) is 0 Å². The molecule has 1 saturated carbocycles. The molecule has 1 aliphatic carbocycles. The fourth-order valence-corrected chi connectivity index (χ4v) is 3.73. The first kappa shape index (κ1) is 12.7. The monoisotopic (exact) mass is 262 g/mol. The number of nitrogens with zero attached hydrogens (tertiary/aromatic N) is 2. The predicted molar refractivity (Wildman–Crippen MR) is 71.9 cm³/mol. The first-order chi connectivity index (χ1) is 9.16. The van der Waals surface area contributed by atoms with Crippen molar-refractivity contribution in [3.05, 3.63) is 17.0 Å². The number of carbonyl (C=O) groups excluding carboxylic acids is 1. The Morgan fingerprint density at radius 1 is 1.21 bits per heavy atom. The van der Waals surface area contributed by atoms with Crippen molar-refractivity contribution in [2.75, 3.05) is 13.1 Å². The summed E-state index contributed by atoms with van der Waals surface area (Å²) in [6, 6.07) is 0. The fraction of sp³-hybridized carbons (Fsp3) is 0.733. The Morgan fingerprint density at radius 3 is 2.63 bits per heavy atom. The van der Waals surface area contributed by atoms with E-state index in [9.17, 15) is 4.79 Å². The van der Waals surface area contributed by atoms with Crippen LogP contribution < -0.4 is 0 Å². The number of piperidine rings is 1. The van der Waals surface area contributed by atoms with Gasteiger partial charge in [0.05, 0.1) is 5.69 Å². The smallest absolute Gasteiger partial charge is 0.259 e. The predicted octanol–water partition coefficient (Wildman–Crippen LogP) is 2.94.